The van der Waals surface area contributed by atoms with E-state index in [0.717, 1.165) is 12.3 Å². The molecular formula is C13H17FN2O. The summed E-state index contributed by atoms with van der Waals surface area (Å²) in [7, 11) is 0. The summed E-state index contributed by atoms with van der Waals surface area (Å²) < 4.78 is 13.1. The highest BCUT2D eigenvalue weighted by Crippen LogP contribution is 2.33. The molecule has 0 saturated heterocycles. The van der Waals surface area contributed by atoms with E-state index in [1.807, 2.05) is 0 Å². The maximum atomic E-state index is 13.1. The second kappa shape index (κ2) is 5.17. The number of hydrogen-bond donors (Lipinski definition) is 2. The number of rotatable bonds is 5. The Balaban J connectivity index is 1.79. The van der Waals surface area contributed by atoms with E-state index in [1.54, 1.807) is 0 Å². The van der Waals surface area contributed by atoms with Crippen LogP contribution in [0.15, 0.2) is 18.2 Å². The lowest BCUT2D eigenvalue weighted by atomic mass is 10.1. The normalized spacial score (nSPS) is 14.6. The molecule has 0 spiro atoms. The number of carbonyl (C=O) groups is 1. The maximum absolute atomic E-state index is 13.1. The van der Waals surface area contributed by atoms with Crippen molar-refractivity contribution in [1.29, 1.82) is 0 Å². The molecule has 0 aromatic heterocycles. The Kier molecular flexibility index (Phi) is 3.61. The standard InChI is InChI=1S/C13H17FN2O/c14-11-8-10(5-6-12(11)15)13(17)16-7-1-2-9-3-4-9/h5-6,8-9H,1-4,7,15H2,(H,16,17). The highest BCUT2D eigenvalue weighted by Gasteiger charge is 2.20. The predicted octanol–water partition coefficient (Wildman–Crippen LogP) is 2.33. The summed E-state index contributed by atoms with van der Waals surface area (Å²) in [5, 5.41) is 2.78. The van der Waals surface area contributed by atoms with Crippen molar-refractivity contribution in [2.75, 3.05) is 12.3 Å². The number of nitrogen functional groups attached to an aromatic ring is 1. The Morgan fingerprint density at radius 3 is 2.88 bits per heavy atom. The lowest BCUT2D eigenvalue weighted by Gasteiger charge is -2.05. The van der Waals surface area contributed by atoms with Gasteiger partial charge in [-0.2, -0.15) is 0 Å². The van der Waals surface area contributed by atoms with Gasteiger partial charge in [-0.25, -0.2) is 4.39 Å². The first-order chi connectivity index (χ1) is 8.16. The second-order valence-corrected chi connectivity index (χ2v) is 4.58. The van der Waals surface area contributed by atoms with Crippen LogP contribution in [-0.4, -0.2) is 12.5 Å². The zero-order valence-electron chi connectivity index (χ0n) is 9.71. The average molecular weight is 236 g/mol. The summed E-state index contributed by atoms with van der Waals surface area (Å²) in [6.07, 6.45) is 4.83. The molecule has 0 unspecified atom stereocenters. The van der Waals surface area contributed by atoms with Gasteiger partial charge in [-0.1, -0.05) is 12.8 Å². The van der Waals surface area contributed by atoms with Crippen LogP contribution in [0.3, 0.4) is 0 Å². The molecule has 0 atom stereocenters. The Morgan fingerprint density at radius 1 is 1.47 bits per heavy atom. The molecule has 0 radical (unpaired) electrons. The Labute approximate surface area is 100 Å². The molecule has 0 heterocycles. The monoisotopic (exact) mass is 236 g/mol. The van der Waals surface area contributed by atoms with Gasteiger partial charge in [-0.3, -0.25) is 4.79 Å². The molecule has 92 valence electrons. The summed E-state index contributed by atoms with van der Waals surface area (Å²) in [6, 6.07) is 4.12. The number of carbonyl (C=O) groups excluding carboxylic acids is 1. The predicted molar refractivity (Wildman–Crippen MR) is 65.1 cm³/mol. The van der Waals surface area contributed by atoms with E-state index in [-0.39, 0.29) is 11.6 Å². The summed E-state index contributed by atoms with van der Waals surface area (Å²) >= 11 is 0. The van der Waals surface area contributed by atoms with E-state index in [4.69, 9.17) is 5.73 Å². The molecule has 2 rings (SSSR count). The molecule has 1 amide bonds. The molecule has 1 saturated carbocycles. The summed E-state index contributed by atoms with van der Waals surface area (Å²) in [5.41, 5.74) is 5.73. The SMILES string of the molecule is Nc1ccc(C(=O)NCCCC2CC2)cc1F. The quantitative estimate of drug-likeness (QED) is 0.609. The molecule has 3 N–H and O–H groups in total. The maximum Gasteiger partial charge on any atom is 0.251 e. The fraction of sp³-hybridized carbons (Fsp3) is 0.462. The smallest absolute Gasteiger partial charge is 0.251 e. The third kappa shape index (κ3) is 3.44. The number of nitrogens with two attached hydrogens (primary N) is 1. The van der Waals surface area contributed by atoms with Crippen LogP contribution in [-0.2, 0) is 0 Å². The van der Waals surface area contributed by atoms with Crippen LogP contribution in [0, 0.1) is 11.7 Å². The van der Waals surface area contributed by atoms with Gasteiger partial charge in [0.25, 0.3) is 5.91 Å². The van der Waals surface area contributed by atoms with Gasteiger partial charge in [-0.05, 0) is 37.0 Å². The molecule has 1 fully saturated rings. The van der Waals surface area contributed by atoms with E-state index in [2.05, 4.69) is 5.32 Å². The third-order valence-electron chi connectivity index (χ3n) is 3.03. The van der Waals surface area contributed by atoms with Crippen LogP contribution >= 0.6 is 0 Å². The van der Waals surface area contributed by atoms with Gasteiger partial charge in [0.15, 0.2) is 0 Å². The van der Waals surface area contributed by atoms with Gasteiger partial charge < -0.3 is 11.1 Å². The number of nitrogens with one attached hydrogen (secondary N) is 1. The third-order valence-corrected chi connectivity index (χ3v) is 3.03. The molecule has 4 heteroatoms. The molecule has 3 nitrogen and oxygen atoms in total. The first kappa shape index (κ1) is 11.9. The average Bonchev–Trinajstić information content (AvgIpc) is 3.12. The molecule has 1 aliphatic rings. The summed E-state index contributed by atoms with van der Waals surface area (Å²) in [4.78, 5) is 11.6. The van der Waals surface area contributed by atoms with E-state index < -0.39 is 5.82 Å². The van der Waals surface area contributed by atoms with Crippen LogP contribution in [0.1, 0.15) is 36.0 Å². The number of hydrogen-bond acceptors (Lipinski definition) is 2. The van der Waals surface area contributed by atoms with Gasteiger partial charge >= 0.3 is 0 Å². The van der Waals surface area contributed by atoms with Gasteiger partial charge in [-0.15, -0.1) is 0 Å². The minimum Gasteiger partial charge on any atom is -0.396 e. The Morgan fingerprint density at radius 2 is 2.24 bits per heavy atom. The lowest BCUT2D eigenvalue weighted by molar-refractivity contribution is 0.0952. The van der Waals surface area contributed by atoms with E-state index in [0.29, 0.717) is 12.1 Å². The molecule has 0 aliphatic heterocycles. The largest absolute Gasteiger partial charge is 0.396 e. The highest BCUT2D eigenvalue weighted by molar-refractivity contribution is 5.94. The molecule has 17 heavy (non-hydrogen) atoms. The second-order valence-electron chi connectivity index (χ2n) is 4.58. The summed E-state index contributed by atoms with van der Waals surface area (Å²) in [6.45, 7) is 0.654. The van der Waals surface area contributed by atoms with Gasteiger partial charge in [0.05, 0.1) is 5.69 Å². The van der Waals surface area contributed by atoms with Gasteiger partial charge in [0, 0.05) is 12.1 Å². The molecule has 1 aromatic rings. The number of amides is 1. The van der Waals surface area contributed by atoms with Crippen LogP contribution in [0.5, 0.6) is 0 Å². The van der Waals surface area contributed by atoms with Gasteiger partial charge in [0.2, 0.25) is 0 Å². The van der Waals surface area contributed by atoms with Crippen molar-refractivity contribution in [1.82, 2.24) is 5.32 Å². The van der Waals surface area contributed by atoms with Crippen molar-refractivity contribution in [3.63, 3.8) is 0 Å². The number of anilines is 1. The minimum atomic E-state index is -0.546. The van der Waals surface area contributed by atoms with Crippen molar-refractivity contribution in [3.05, 3.63) is 29.6 Å². The van der Waals surface area contributed by atoms with Gasteiger partial charge in [0.1, 0.15) is 5.82 Å². The highest BCUT2D eigenvalue weighted by atomic mass is 19.1. The fourth-order valence-corrected chi connectivity index (χ4v) is 1.77. The Bertz CT molecular complexity index is 416. The van der Waals surface area contributed by atoms with Crippen molar-refractivity contribution in [3.8, 4) is 0 Å². The van der Waals surface area contributed by atoms with Crippen molar-refractivity contribution < 1.29 is 9.18 Å². The fourth-order valence-electron chi connectivity index (χ4n) is 1.77. The van der Waals surface area contributed by atoms with Crippen LogP contribution in [0.4, 0.5) is 10.1 Å². The van der Waals surface area contributed by atoms with Crippen LogP contribution in [0.2, 0.25) is 0 Å². The van der Waals surface area contributed by atoms with E-state index >= 15 is 0 Å². The zero-order valence-corrected chi connectivity index (χ0v) is 9.71. The lowest BCUT2D eigenvalue weighted by Crippen LogP contribution is -2.24. The van der Waals surface area contributed by atoms with Crippen molar-refractivity contribution in [2.45, 2.75) is 25.7 Å². The topological polar surface area (TPSA) is 55.1 Å². The van der Waals surface area contributed by atoms with Crippen LogP contribution in [0.25, 0.3) is 0 Å². The number of benzene rings is 1. The molecule has 1 aliphatic carbocycles. The van der Waals surface area contributed by atoms with E-state index in [9.17, 15) is 9.18 Å². The molecule has 0 bridgehead atoms. The zero-order chi connectivity index (χ0) is 12.3. The van der Waals surface area contributed by atoms with Crippen molar-refractivity contribution >= 4 is 11.6 Å². The molecule has 1 aromatic carbocycles. The number of halogens is 1. The van der Waals surface area contributed by atoms with Crippen LogP contribution < -0.4 is 11.1 Å². The van der Waals surface area contributed by atoms with Crippen molar-refractivity contribution in [2.24, 2.45) is 5.92 Å². The minimum absolute atomic E-state index is 0.0651. The first-order valence-electron chi connectivity index (χ1n) is 6.00. The molecular weight excluding hydrogens is 219 g/mol. The van der Waals surface area contributed by atoms with E-state index in [1.165, 1.54) is 37.5 Å². The summed E-state index contributed by atoms with van der Waals surface area (Å²) in [5.74, 6) is 0.0937. The first-order valence-corrected chi connectivity index (χ1v) is 6.00. The Hall–Kier alpha value is -1.58.